The molecule has 5 heteroatoms. The highest BCUT2D eigenvalue weighted by molar-refractivity contribution is 5.94. The van der Waals surface area contributed by atoms with E-state index in [1.807, 2.05) is 48.0 Å². The van der Waals surface area contributed by atoms with E-state index in [-0.39, 0.29) is 5.91 Å². The van der Waals surface area contributed by atoms with Crippen LogP contribution in [0.3, 0.4) is 0 Å². The molecule has 0 radical (unpaired) electrons. The number of aryl methyl sites for hydroxylation is 1. The molecule has 0 aliphatic carbocycles. The Morgan fingerprint density at radius 1 is 1.19 bits per heavy atom. The summed E-state index contributed by atoms with van der Waals surface area (Å²) in [5.41, 5.74) is 6.09. The summed E-state index contributed by atoms with van der Waals surface area (Å²) in [5, 5.41) is 7.68. The summed E-state index contributed by atoms with van der Waals surface area (Å²) < 4.78 is 7.50. The number of carbonyl (C=O) groups is 1. The lowest BCUT2D eigenvalue weighted by Crippen LogP contribution is -2.23. The average Bonchev–Trinajstić information content (AvgIpc) is 3.25. The van der Waals surface area contributed by atoms with E-state index < -0.39 is 0 Å². The van der Waals surface area contributed by atoms with Crippen molar-refractivity contribution in [1.82, 2.24) is 15.1 Å². The largest absolute Gasteiger partial charge is 0.493 e. The molecule has 138 valence electrons. The molecule has 0 saturated carbocycles. The van der Waals surface area contributed by atoms with E-state index in [9.17, 15) is 4.79 Å². The van der Waals surface area contributed by atoms with Crippen LogP contribution in [0, 0.1) is 13.8 Å². The van der Waals surface area contributed by atoms with Gasteiger partial charge >= 0.3 is 0 Å². The second kappa shape index (κ2) is 7.27. The molecule has 27 heavy (non-hydrogen) atoms. The molecule has 3 aromatic rings. The van der Waals surface area contributed by atoms with Crippen molar-refractivity contribution in [1.29, 1.82) is 0 Å². The SMILES string of the molecule is Cc1nn(Cc2ccccc2)c(C)c1CNC(=O)c1ccc2c(c1)CCO2. The number of carbonyl (C=O) groups excluding carboxylic acids is 1. The normalized spacial score (nSPS) is 12.5. The zero-order valence-electron chi connectivity index (χ0n) is 15.7. The van der Waals surface area contributed by atoms with Crippen LogP contribution >= 0.6 is 0 Å². The minimum atomic E-state index is -0.0701. The van der Waals surface area contributed by atoms with E-state index in [1.165, 1.54) is 5.56 Å². The highest BCUT2D eigenvalue weighted by atomic mass is 16.5. The zero-order valence-corrected chi connectivity index (χ0v) is 15.7. The highest BCUT2D eigenvalue weighted by Crippen LogP contribution is 2.26. The van der Waals surface area contributed by atoms with Crippen molar-refractivity contribution in [3.05, 3.63) is 82.2 Å². The lowest BCUT2D eigenvalue weighted by atomic mass is 10.1. The maximum atomic E-state index is 12.6. The van der Waals surface area contributed by atoms with Crippen molar-refractivity contribution in [2.45, 2.75) is 33.4 Å². The number of aromatic nitrogens is 2. The van der Waals surface area contributed by atoms with Gasteiger partial charge in [-0.15, -0.1) is 0 Å². The van der Waals surface area contributed by atoms with Gasteiger partial charge in [-0.05, 0) is 43.2 Å². The first-order valence-electron chi connectivity index (χ1n) is 9.22. The van der Waals surface area contributed by atoms with Gasteiger partial charge in [-0.3, -0.25) is 9.48 Å². The van der Waals surface area contributed by atoms with Gasteiger partial charge in [0.1, 0.15) is 5.75 Å². The lowest BCUT2D eigenvalue weighted by molar-refractivity contribution is 0.0950. The van der Waals surface area contributed by atoms with Crippen molar-refractivity contribution in [3.8, 4) is 5.75 Å². The molecule has 0 saturated heterocycles. The van der Waals surface area contributed by atoms with Gasteiger partial charge in [0.2, 0.25) is 0 Å². The van der Waals surface area contributed by atoms with E-state index in [4.69, 9.17) is 4.74 Å². The van der Waals surface area contributed by atoms with Gasteiger partial charge in [0.15, 0.2) is 0 Å². The standard InChI is InChI=1S/C22H23N3O2/c1-15-20(16(2)25(24-15)14-17-6-4-3-5-7-17)13-23-22(26)19-8-9-21-18(12-19)10-11-27-21/h3-9,12H,10-11,13-14H2,1-2H3,(H,23,26). The summed E-state index contributed by atoms with van der Waals surface area (Å²) in [5.74, 6) is 0.819. The summed E-state index contributed by atoms with van der Waals surface area (Å²) in [6.07, 6.45) is 0.862. The van der Waals surface area contributed by atoms with Crippen molar-refractivity contribution in [2.24, 2.45) is 0 Å². The molecule has 0 atom stereocenters. The van der Waals surface area contributed by atoms with Crippen molar-refractivity contribution >= 4 is 5.91 Å². The molecular formula is C22H23N3O2. The van der Waals surface area contributed by atoms with Crippen molar-refractivity contribution in [2.75, 3.05) is 6.61 Å². The summed E-state index contributed by atoms with van der Waals surface area (Å²) in [6.45, 7) is 5.93. The smallest absolute Gasteiger partial charge is 0.251 e. The zero-order chi connectivity index (χ0) is 18.8. The van der Waals surface area contributed by atoms with Crippen LogP contribution in [0.25, 0.3) is 0 Å². The maximum absolute atomic E-state index is 12.6. The Morgan fingerprint density at radius 2 is 2.00 bits per heavy atom. The Kier molecular flexibility index (Phi) is 4.67. The number of amides is 1. The molecule has 1 N–H and O–H groups in total. The van der Waals surface area contributed by atoms with Gasteiger partial charge in [-0.2, -0.15) is 5.10 Å². The fourth-order valence-corrected chi connectivity index (χ4v) is 3.50. The number of nitrogens with zero attached hydrogens (tertiary/aromatic N) is 2. The topological polar surface area (TPSA) is 56.2 Å². The van der Waals surface area contributed by atoms with Gasteiger partial charge in [-0.25, -0.2) is 0 Å². The predicted molar refractivity (Wildman–Crippen MR) is 104 cm³/mol. The summed E-state index contributed by atoms with van der Waals surface area (Å²) in [6, 6.07) is 15.9. The molecule has 1 amide bonds. The van der Waals surface area contributed by atoms with Gasteiger partial charge in [0.05, 0.1) is 18.8 Å². The van der Waals surface area contributed by atoms with Crippen LogP contribution in [0.4, 0.5) is 0 Å². The van der Waals surface area contributed by atoms with Crippen LogP contribution in [0.15, 0.2) is 48.5 Å². The molecule has 0 spiro atoms. The number of hydrogen-bond donors (Lipinski definition) is 1. The Labute approximate surface area is 159 Å². The lowest BCUT2D eigenvalue weighted by Gasteiger charge is -2.08. The molecule has 0 bridgehead atoms. The third-order valence-electron chi connectivity index (χ3n) is 5.08. The first-order valence-corrected chi connectivity index (χ1v) is 9.22. The van der Waals surface area contributed by atoms with E-state index in [0.29, 0.717) is 18.7 Å². The van der Waals surface area contributed by atoms with Crippen LogP contribution in [-0.4, -0.2) is 22.3 Å². The van der Waals surface area contributed by atoms with Crippen LogP contribution in [0.2, 0.25) is 0 Å². The second-order valence-electron chi connectivity index (χ2n) is 6.90. The molecule has 2 heterocycles. The highest BCUT2D eigenvalue weighted by Gasteiger charge is 2.16. The van der Waals surface area contributed by atoms with Gasteiger partial charge in [0, 0.05) is 29.8 Å². The fraction of sp³-hybridized carbons (Fsp3) is 0.273. The number of nitrogens with one attached hydrogen (secondary N) is 1. The molecule has 0 fully saturated rings. The molecule has 1 aliphatic rings. The van der Waals surface area contributed by atoms with Crippen LogP contribution in [-0.2, 0) is 19.5 Å². The fourth-order valence-electron chi connectivity index (χ4n) is 3.50. The maximum Gasteiger partial charge on any atom is 0.251 e. The van der Waals surface area contributed by atoms with Crippen LogP contribution in [0.1, 0.15) is 38.4 Å². The molecule has 5 nitrogen and oxygen atoms in total. The van der Waals surface area contributed by atoms with Crippen molar-refractivity contribution in [3.63, 3.8) is 0 Å². The predicted octanol–water partition coefficient (Wildman–Crippen LogP) is 3.41. The molecule has 2 aromatic carbocycles. The Morgan fingerprint density at radius 3 is 2.81 bits per heavy atom. The number of hydrogen-bond acceptors (Lipinski definition) is 3. The minimum Gasteiger partial charge on any atom is -0.493 e. The first kappa shape index (κ1) is 17.3. The monoisotopic (exact) mass is 361 g/mol. The number of rotatable bonds is 5. The van der Waals surface area contributed by atoms with Crippen LogP contribution in [0.5, 0.6) is 5.75 Å². The molecular weight excluding hydrogens is 338 g/mol. The third-order valence-corrected chi connectivity index (χ3v) is 5.08. The van der Waals surface area contributed by atoms with E-state index in [1.54, 1.807) is 0 Å². The third kappa shape index (κ3) is 3.58. The first-order chi connectivity index (χ1) is 13.1. The minimum absolute atomic E-state index is 0.0701. The Bertz CT molecular complexity index is 977. The quantitative estimate of drug-likeness (QED) is 0.758. The number of ether oxygens (including phenoxy) is 1. The summed E-state index contributed by atoms with van der Waals surface area (Å²) >= 11 is 0. The second-order valence-corrected chi connectivity index (χ2v) is 6.90. The average molecular weight is 361 g/mol. The van der Waals surface area contributed by atoms with Gasteiger partial charge in [0.25, 0.3) is 5.91 Å². The van der Waals surface area contributed by atoms with Crippen molar-refractivity contribution < 1.29 is 9.53 Å². The molecule has 0 unspecified atom stereocenters. The van der Waals surface area contributed by atoms with E-state index in [0.717, 1.165) is 41.2 Å². The summed E-state index contributed by atoms with van der Waals surface area (Å²) in [4.78, 5) is 12.6. The number of fused-ring (bicyclic) bond motifs is 1. The van der Waals surface area contributed by atoms with E-state index in [2.05, 4.69) is 29.5 Å². The van der Waals surface area contributed by atoms with Gasteiger partial charge < -0.3 is 10.1 Å². The van der Waals surface area contributed by atoms with Gasteiger partial charge in [-0.1, -0.05) is 30.3 Å². The summed E-state index contributed by atoms with van der Waals surface area (Å²) in [7, 11) is 0. The number of benzene rings is 2. The molecule has 1 aliphatic heterocycles. The Balaban J connectivity index is 1.46. The molecule has 4 rings (SSSR count). The molecule has 1 aromatic heterocycles. The Hall–Kier alpha value is -3.08. The van der Waals surface area contributed by atoms with E-state index >= 15 is 0 Å². The van der Waals surface area contributed by atoms with Crippen LogP contribution < -0.4 is 10.1 Å².